The summed E-state index contributed by atoms with van der Waals surface area (Å²) in [6, 6.07) is 12.9. The van der Waals surface area contributed by atoms with Crippen LogP contribution in [-0.4, -0.2) is 16.1 Å². The fourth-order valence-corrected chi connectivity index (χ4v) is 4.34. The molecule has 0 aliphatic carbocycles. The van der Waals surface area contributed by atoms with Gasteiger partial charge in [0.2, 0.25) is 0 Å². The van der Waals surface area contributed by atoms with Crippen LogP contribution < -0.4 is 4.90 Å². The van der Waals surface area contributed by atoms with Gasteiger partial charge in [0.25, 0.3) is 16.8 Å². The van der Waals surface area contributed by atoms with Crippen LogP contribution in [0.5, 0.6) is 0 Å². The Kier molecular flexibility index (Phi) is 5.43. The fourth-order valence-electron chi connectivity index (χ4n) is 3.25. The zero-order valence-corrected chi connectivity index (χ0v) is 18.0. The Morgan fingerprint density at radius 3 is 2.55 bits per heavy atom. The van der Waals surface area contributed by atoms with Crippen molar-refractivity contribution in [3.8, 4) is 11.3 Å². The number of furan rings is 1. The number of nitro benzene ring substituents is 1. The van der Waals surface area contributed by atoms with E-state index in [0.29, 0.717) is 22.8 Å². The first kappa shape index (κ1) is 20.9. The van der Waals surface area contributed by atoms with Gasteiger partial charge in [0.1, 0.15) is 11.5 Å². The van der Waals surface area contributed by atoms with E-state index in [4.69, 9.17) is 16.0 Å². The first-order valence-corrected chi connectivity index (χ1v) is 10.3. The van der Waals surface area contributed by atoms with Gasteiger partial charge in [0.05, 0.1) is 20.5 Å². The SMILES string of the molecule is Cc1ccc(N2C(=O)S/C(=C/c3ccc(-c4ccc([N+](=O)[O-])cc4Cl)o3)C2=O)c(C)c1. The van der Waals surface area contributed by atoms with Crippen molar-refractivity contribution in [1.29, 1.82) is 0 Å². The van der Waals surface area contributed by atoms with Crippen LogP contribution >= 0.6 is 23.4 Å². The average molecular weight is 455 g/mol. The molecule has 4 rings (SSSR count). The first-order valence-electron chi connectivity index (χ1n) is 9.14. The Morgan fingerprint density at radius 1 is 1.10 bits per heavy atom. The number of nitro groups is 1. The molecule has 1 aliphatic rings. The molecule has 0 bridgehead atoms. The minimum absolute atomic E-state index is 0.124. The predicted molar refractivity (Wildman–Crippen MR) is 120 cm³/mol. The molecular weight excluding hydrogens is 440 g/mol. The van der Waals surface area contributed by atoms with E-state index < -0.39 is 10.8 Å². The normalized spacial score (nSPS) is 15.2. The number of carbonyl (C=O) groups excluding carboxylic acids is 2. The molecule has 1 fully saturated rings. The molecule has 0 unspecified atom stereocenters. The third-order valence-corrected chi connectivity index (χ3v) is 5.90. The summed E-state index contributed by atoms with van der Waals surface area (Å²) in [6.07, 6.45) is 1.50. The monoisotopic (exact) mass is 454 g/mol. The molecule has 9 heteroatoms. The lowest BCUT2D eigenvalue weighted by atomic mass is 10.1. The van der Waals surface area contributed by atoms with E-state index in [0.717, 1.165) is 27.8 Å². The molecule has 7 nitrogen and oxygen atoms in total. The molecule has 1 saturated heterocycles. The molecule has 0 saturated carbocycles. The molecule has 1 aromatic heterocycles. The average Bonchev–Trinajstić information content (AvgIpc) is 3.27. The molecule has 0 spiro atoms. The predicted octanol–water partition coefficient (Wildman–Crippen LogP) is 6.37. The van der Waals surface area contributed by atoms with E-state index in [1.807, 2.05) is 26.0 Å². The highest BCUT2D eigenvalue weighted by atomic mass is 35.5. The number of nitrogens with zero attached hydrogens (tertiary/aromatic N) is 2. The van der Waals surface area contributed by atoms with Crippen LogP contribution in [0.2, 0.25) is 5.02 Å². The third kappa shape index (κ3) is 3.99. The van der Waals surface area contributed by atoms with Crippen LogP contribution in [0.4, 0.5) is 16.2 Å². The van der Waals surface area contributed by atoms with Crippen LogP contribution in [0.3, 0.4) is 0 Å². The van der Waals surface area contributed by atoms with E-state index in [2.05, 4.69) is 0 Å². The van der Waals surface area contributed by atoms with Crippen molar-refractivity contribution in [3.63, 3.8) is 0 Å². The maximum Gasteiger partial charge on any atom is 0.298 e. The summed E-state index contributed by atoms with van der Waals surface area (Å²) >= 11 is 6.99. The lowest BCUT2D eigenvalue weighted by Crippen LogP contribution is -2.28. The van der Waals surface area contributed by atoms with Gasteiger partial charge < -0.3 is 4.42 Å². The number of hydrogen-bond donors (Lipinski definition) is 0. The summed E-state index contributed by atoms with van der Waals surface area (Å²) in [5.41, 5.74) is 2.78. The summed E-state index contributed by atoms with van der Waals surface area (Å²) in [5, 5.41) is 10.7. The van der Waals surface area contributed by atoms with Gasteiger partial charge >= 0.3 is 0 Å². The van der Waals surface area contributed by atoms with Crippen LogP contribution in [0.25, 0.3) is 17.4 Å². The second-order valence-electron chi connectivity index (χ2n) is 6.93. The highest BCUT2D eigenvalue weighted by molar-refractivity contribution is 8.19. The van der Waals surface area contributed by atoms with Crippen molar-refractivity contribution in [3.05, 3.63) is 85.5 Å². The molecular formula is C22H15ClN2O5S. The van der Waals surface area contributed by atoms with Crippen molar-refractivity contribution in [2.45, 2.75) is 13.8 Å². The van der Waals surface area contributed by atoms with Gasteiger partial charge in [-0.2, -0.15) is 0 Å². The summed E-state index contributed by atoms with van der Waals surface area (Å²) < 4.78 is 5.75. The molecule has 0 atom stereocenters. The zero-order chi connectivity index (χ0) is 22.3. The smallest absolute Gasteiger partial charge is 0.298 e. The number of imide groups is 1. The number of carbonyl (C=O) groups is 2. The fraction of sp³-hybridized carbons (Fsp3) is 0.0909. The number of thioether (sulfide) groups is 1. The number of amides is 2. The Bertz CT molecular complexity index is 1280. The number of halogens is 1. The lowest BCUT2D eigenvalue weighted by Gasteiger charge is -2.15. The summed E-state index contributed by atoms with van der Waals surface area (Å²) in [7, 11) is 0. The molecule has 0 N–H and O–H groups in total. The van der Waals surface area contributed by atoms with E-state index in [9.17, 15) is 19.7 Å². The molecule has 31 heavy (non-hydrogen) atoms. The number of aryl methyl sites for hydroxylation is 2. The Morgan fingerprint density at radius 2 is 1.87 bits per heavy atom. The first-order chi connectivity index (χ1) is 14.7. The van der Waals surface area contributed by atoms with Crippen molar-refractivity contribution in [2.75, 3.05) is 4.90 Å². The number of hydrogen-bond acceptors (Lipinski definition) is 6. The highest BCUT2D eigenvalue weighted by Gasteiger charge is 2.37. The number of anilines is 1. The van der Waals surface area contributed by atoms with Gasteiger partial charge in [-0.1, -0.05) is 29.3 Å². The van der Waals surface area contributed by atoms with E-state index in [1.165, 1.54) is 24.3 Å². The Hall–Kier alpha value is -3.36. The van der Waals surface area contributed by atoms with Crippen LogP contribution in [0.1, 0.15) is 16.9 Å². The topological polar surface area (TPSA) is 93.7 Å². The minimum atomic E-state index is -0.533. The van der Waals surface area contributed by atoms with Crippen molar-refractivity contribution in [1.82, 2.24) is 0 Å². The summed E-state index contributed by atoms with van der Waals surface area (Å²) in [4.78, 5) is 37.1. The van der Waals surface area contributed by atoms with Gasteiger partial charge in [-0.15, -0.1) is 0 Å². The Labute approximate surface area is 186 Å². The molecule has 2 amide bonds. The van der Waals surface area contributed by atoms with Gasteiger partial charge in [-0.3, -0.25) is 19.7 Å². The quantitative estimate of drug-likeness (QED) is 0.258. The summed E-state index contributed by atoms with van der Waals surface area (Å²) in [6.45, 7) is 3.79. The van der Waals surface area contributed by atoms with E-state index in [1.54, 1.807) is 18.2 Å². The van der Waals surface area contributed by atoms with E-state index in [-0.39, 0.29) is 20.9 Å². The molecule has 1 aliphatic heterocycles. The second kappa shape index (κ2) is 8.05. The molecule has 2 aromatic carbocycles. The minimum Gasteiger partial charge on any atom is -0.457 e. The third-order valence-electron chi connectivity index (χ3n) is 4.72. The number of non-ortho nitro benzene ring substituents is 1. The van der Waals surface area contributed by atoms with Crippen LogP contribution in [0.15, 0.2) is 57.9 Å². The maximum absolute atomic E-state index is 12.9. The van der Waals surface area contributed by atoms with Crippen LogP contribution in [-0.2, 0) is 4.79 Å². The van der Waals surface area contributed by atoms with Gasteiger partial charge in [0, 0.05) is 23.8 Å². The van der Waals surface area contributed by atoms with Gasteiger partial charge in [0.15, 0.2) is 0 Å². The number of benzene rings is 2. The molecule has 2 heterocycles. The van der Waals surface area contributed by atoms with Crippen LogP contribution in [0, 0.1) is 24.0 Å². The standard InChI is InChI=1S/C22H15ClN2O5S/c1-12-3-7-18(13(2)9-12)24-21(26)20(31-22(24)27)11-15-5-8-19(30-15)16-6-4-14(25(28)29)10-17(16)23/h3-11H,1-2H3/b20-11+. The molecule has 3 aromatic rings. The largest absolute Gasteiger partial charge is 0.457 e. The summed E-state index contributed by atoms with van der Waals surface area (Å²) in [5.74, 6) is 0.323. The Balaban J connectivity index is 1.62. The lowest BCUT2D eigenvalue weighted by molar-refractivity contribution is -0.384. The van der Waals surface area contributed by atoms with Crippen molar-refractivity contribution >= 4 is 52.0 Å². The zero-order valence-electron chi connectivity index (χ0n) is 16.4. The molecule has 156 valence electrons. The maximum atomic E-state index is 12.9. The van der Waals surface area contributed by atoms with Crippen molar-refractivity contribution < 1.29 is 18.9 Å². The van der Waals surface area contributed by atoms with Crippen molar-refractivity contribution in [2.24, 2.45) is 0 Å². The van der Waals surface area contributed by atoms with Gasteiger partial charge in [-0.25, -0.2) is 4.90 Å². The molecule has 0 radical (unpaired) electrons. The number of rotatable bonds is 4. The second-order valence-corrected chi connectivity index (χ2v) is 8.33. The van der Waals surface area contributed by atoms with Gasteiger partial charge in [-0.05, 0) is 55.4 Å². The highest BCUT2D eigenvalue weighted by Crippen LogP contribution is 2.38. The van der Waals surface area contributed by atoms with E-state index >= 15 is 0 Å².